The number of pyridine rings is 1. The lowest BCUT2D eigenvalue weighted by atomic mass is 9.89. The maximum absolute atomic E-state index is 4.78. The molecule has 1 heteroatoms. The van der Waals surface area contributed by atoms with Gasteiger partial charge < -0.3 is 0 Å². The predicted octanol–water partition coefficient (Wildman–Crippen LogP) is 6.23. The van der Waals surface area contributed by atoms with Crippen molar-refractivity contribution in [2.24, 2.45) is 0 Å². The molecule has 21 heavy (non-hydrogen) atoms. The lowest BCUT2D eigenvalue weighted by Gasteiger charge is -2.18. The molecule has 112 valence electrons. The van der Waals surface area contributed by atoms with Crippen molar-refractivity contribution in [1.82, 2.24) is 4.98 Å². The van der Waals surface area contributed by atoms with Crippen molar-refractivity contribution in [2.75, 3.05) is 0 Å². The summed E-state index contributed by atoms with van der Waals surface area (Å²) in [5, 5.41) is 2.72. The summed E-state index contributed by atoms with van der Waals surface area (Å²) in [5.74, 6) is 0.661. The fourth-order valence-corrected chi connectivity index (χ4v) is 3.73. The first-order valence-electron chi connectivity index (χ1n) is 8.79. The van der Waals surface area contributed by atoms with Crippen LogP contribution >= 0.6 is 0 Å². The Kier molecular flexibility index (Phi) is 5.26. The molecule has 1 aliphatic carbocycles. The van der Waals surface area contributed by atoms with E-state index < -0.39 is 0 Å². The van der Waals surface area contributed by atoms with Crippen molar-refractivity contribution in [3.8, 4) is 0 Å². The van der Waals surface area contributed by atoms with E-state index >= 15 is 0 Å². The average molecular weight is 281 g/mol. The zero-order valence-corrected chi connectivity index (χ0v) is 13.1. The Balaban J connectivity index is 1.83. The van der Waals surface area contributed by atoms with Gasteiger partial charge in [0.15, 0.2) is 0 Å². The van der Waals surface area contributed by atoms with Gasteiger partial charge in [-0.15, -0.1) is 0 Å². The molecule has 1 fully saturated rings. The predicted molar refractivity (Wildman–Crippen MR) is 90.7 cm³/mol. The molecule has 2 aromatic rings. The standard InChI is InChI=1S/C20H27N/c1-2-4-6-8-13-18(12-7-5-3-1)20-19-14-10-9-11-17(19)15-16-21-20/h9-11,14-16,18H,1-8,12-13H2. The molecule has 1 heterocycles. The Hall–Kier alpha value is -1.37. The molecule has 0 aliphatic heterocycles. The molecule has 0 bridgehead atoms. The Bertz CT molecular complexity index is 543. The zero-order valence-electron chi connectivity index (χ0n) is 13.1. The van der Waals surface area contributed by atoms with E-state index in [0.29, 0.717) is 5.92 Å². The van der Waals surface area contributed by atoms with Crippen LogP contribution in [0.4, 0.5) is 0 Å². The van der Waals surface area contributed by atoms with Gasteiger partial charge in [0.1, 0.15) is 0 Å². The molecular weight excluding hydrogens is 254 g/mol. The summed E-state index contributed by atoms with van der Waals surface area (Å²) < 4.78 is 0. The Morgan fingerprint density at radius 3 is 2.05 bits per heavy atom. The fourth-order valence-electron chi connectivity index (χ4n) is 3.73. The van der Waals surface area contributed by atoms with E-state index in [-0.39, 0.29) is 0 Å². The van der Waals surface area contributed by atoms with E-state index in [4.69, 9.17) is 4.98 Å². The molecule has 1 nitrogen and oxygen atoms in total. The molecule has 1 aliphatic rings. The maximum atomic E-state index is 4.78. The first-order valence-corrected chi connectivity index (χ1v) is 8.79. The first-order chi connectivity index (χ1) is 10.4. The number of benzene rings is 1. The molecule has 0 unspecified atom stereocenters. The highest BCUT2D eigenvalue weighted by atomic mass is 14.7. The second-order valence-corrected chi connectivity index (χ2v) is 6.52. The third kappa shape index (κ3) is 3.84. The molecule has 0 atom stereocenters. The summed E-state index contributed by atoms with van der Waals surface area (Å²) in [6.07, 6.45) is 15.9. The van der Waals surface area contributed by atoms with E-state index in [9.17, 15) is 0 Å². The van der Waals surface area contributed by atoms with Crippen LogP contribution in [0, 0.1) is 0 Å². The number of rotatable bonds is 1. The Morgan fingerprint density at radius 1 is 0.714 bits per heavy atom. The minimum atomic E-state index is 0.661. The second-order valence-electron chi connectivity index (χ2n) is 6.52. The van der Waals surface area contributed by atoms with Gasteiger partial charge in [0.2, 0.25) is 0 Å². The van der Waals surface area contributed by atoms with Crippen molar-refractivity contribution in [2.45, 2.75) is 70.1 Å². The van der Waals surface area contributed by atoms with Crippen LogP contribution in [0.5, 0.6) is 0 Å². The van der Waals surface area contributed by atoms with Gasteiger partial charge in [-0.05, 0) is 24.3 Å². The SMILES string of the molecule is c1ccc2c(C3CCCCCCCCCC3)nccc2c1. The quantitative estimate of drug-likeness (QED) is 0.603. The van der Waals surface area contributed by atoms with Gasteiger partial charge in [-0.1, -0.05) is 75.6 Å². The summed E-state index contributed by atoms with van der Waals surface area (Å²) in [6, 6.07) is 10.9. The summed E-state index contributed by atoms with van der Waals surface area (Å²) in [4.78, 5) is 4.78. The topological polar surface area (TPSA) is 12.9 Å². The summed E-state index contributed by atoms with van der Waals surface area (Å²) in [6.45, 7) is 0. The summed E-state index contributed by atoms with van der Waals surface area (Å²) in [7, 11) is 0. The Labute approximate surface area is 128 Å². The first kappa shape index (κ1) is 14.6. The monoisotopic (exact) mass is 281 g/mol. The minimum Gasteiger partial charge on any atom is -0.260 e. The van der Waals surface area contributed by atoms with Crippen LogP contribution in [0.1, 0.15) is 75.8 Å². The van der Waals surface area contributed by atoms with Gasteiger partial charge in [0.25, 0.3) is 0 Å². The molecule has 0 spiro atoms. The van der Waals surface area contributed by atoms with Crippen molar-refractivity contribution >= 4 is 10.8 Å². The molecule has 0 saturated heterocycles. The Morgan fingerprint density at radius 2 is 1.33 bits per heavy atom. The number of fused-ring (bicyclic) bond motifs is 1. The van der Waals surface area contributed by atoms with Crippen molar-refractivity contribution < 1.29 is 0 Å². The van der Waals surface area contributed by atoms with Crippen LogP contribution < -0.4 is 0 Å². The van der Waals surface area contributed by atoms with E-state index in [0.717, 1.165) is 0 Å². The smallest absolute Gasteiger partial charge is 0.0512 e. The molecule has 0 N–H and O–H groups in total. The molecular formula is C20H27N. The third-order valence-corrected chi connectivity index (χ3v) is 4.95. The van der Waals surface area contributed by atoms with Gasteiger partial charge in [0.05, 0.1) is 5.69 Å². The highest BCUT2D eigenvalue weighted by Gasteiger charge is 2.16. The highest BCUT2D eigenvalue weighted by molar-refractivity contribution is 5.84. The molecule has 3 rings (SSSR count). The molecule has 0 amide bonds. The van der Waals surface area contributed by atoms with Crippen LogP contribution in [0.15, 0.2) is 36.5 Å². The number of hydrogen-bond acceptors (Lipinski definition) is 1. The van der Waals surface area contributed by atoms with Gasteiger partial charge in [-0.2, -0.15) is 0 Å². The van der Waals surface area contributed by atoms with Gasteiger partial charge in [0, 0.05) is 17.5 Å². The van der Waals surface area contributed by atoms with Crippen LogP contribution in [0.2, 0.25) is 0 Å². The van der Waals surface area contributed by atoms with E-state index in [1.807, 2.05) is 6.20 Å². The van der Waals surface area contributed by atoms with Gasteiger partial charge in [-0.25, -0.2) is 0 Å². The maximum Gasteiger partial charge on any atom is 0.0512 e. The molecule has 1 aromatic heterocycles. The molecule has 1 saturated carbocycles. The minimum absolute atomic E-state index is 0.661. The van der Waals surface area contributed by atoms with Crippen molar-refractivity contribution in [3.63, 3.8) is 0 Å². The average Bonchev–Trinajstić information content (AvgIpc) is 2.60. The van der Waals surface area contributed by atoms with Crippen LogP contribution in [0.25, 0.3) is 10.8 Å². The lowest BCUT2D eigenvalue weighted by Crippen LogP contribution is -2.03. The summed E-state index contributed by atoms with van der Waals surface area (Å²) >= 11 is 0. The van der Waals surface area contributed by atoms with E-state index in [1.54, 1.807) is 0 Å². The van der Waals surface area contributed by atoms with Gasteiger partial charge >= 0.3 is 0 Å². The number of nitrogens with zero attached hydrogens (tertiary/aromatic N) is 1. The molecule has 1 aromatic carbocycles. The molecule has 0 radical (unpaired) electrons. The van der Waals surface area contributed by atoms with E-state index in [2.05, 4.69) is 30.3 Å². The summed E-state index contributed by atoms with van der Waals surface area (Å²) in [5.41, 5.74) is 1.35. The largest absolute Gasteiger partial charge is 0.260 e. The zero-order chi connectivity index (χ0) is 14.3. The van der Waals surface area contributed by atoms with Gasteiger partial charge in [-0.3, -0.25) is 4.98 Å². The van der Waals surface area contributed by atoms with Crippen LogP contribution in [-0.4, -0.2) is 4.98 Å². The third-order valence-electron chi connectivity index (χ3n) is 4.95. The van der Waals surface area contributed by atoms with Crippen molar-refractivity contribution in [3.05, 3.63) is 42.2 Å². The number of hydrogen-bond donors (Lipinski definition) is 0. The fraction of sp³-hybridized carbons (Fsp3) is 0.550. The van der Waals surface area contributed by atoms with E-state index in [1.165, 1.54) is 80.7 Å². The van der Waals surface area contributed by atoms with Crippen LogP contribution in [0.3, 0.4) is 0 Å². The normalized spacial score (nSPS) is 19.2. The van der Waals surface area contributed by atoms with Crippen molar-refractivity contribution in [1.29, 1.82) is 0 Å². The number of aromatic nitrogens is 1. The lowest BCUT2D eigenvalue weighted by molar-refractivity contribution is 0.508. The van der Waals surface area contributed by atoms with Crippen LogP contribution in [-0.2, 0) is 0 Å². The highest BCUT2D eigenvalue weighted by Crippen LogP contribution is 2.32. The second kappa shape index (κ2) is 7.59.